The molecule has 1 aromatic rings. The summed E-state index contributed by atoms with van der Waals surface area (Å²) >= 11 is 0. The monoisotopic (exact) mass is 345 g/mol. The minimum absolute atomic E-state index is 0.0294. The summed E-state index contributed by atoms with van der Waals surface area (Å²) in [7, 11) is 0. The Morgan fingerprint density at radius 2 is 2.00 bits per heavy atom. The van der Waals surface area contributed by atoms with E-state index in [0.717, 1.165) is 25.9 Å². The van der Waals surface area contributed by atoms with Crippen LogP contribution in [-0.4, -0.2) is 53.8 Å². The molecule has 0 unspecified atom stereocenters. The van der Waals surface area contributed by atoms with E-state index in [-0.39, 0.29) is 24.3 Å². The molecular formula is C20H31N3O2. The maximum atomic E-state index is 12.7. The number of hydrogen-bond acceptors (Lipinski definition) is 3. The van der Waals surface area contributed by atoms with Crippen molar-refractivity contribution in [2.75, 3.05) is 26.2 Å². The van der Waals surface area contributed by atoms with Gasteiger partial charge in [-0.25, -0.2) is 0 Å². The van der Waals surface area contributed by atoms with Gasteiger partial charge in [0.05, 0.1) is 12.5 Å². The van der Waals surface area contributed by atoms with E-state index >= 15 is 0 Å². The van der Waals surface area contributed by atoms with Gasteiger partial charge in [0.25, 0.3) is 0 Å². The first-order valence-electron chi connectivity index (χ1n) is 9.40. The van der Waals surface area contributed by atoms with Gasteiger partial charge in [0.15, 0.2) is 0 Å². The zero-order chi connectivity index (χ0) is 18.2. The number of benzene rings is 1. The van der Waals surface area contributed by atoms with E-state index in [2.05, 4.69) is 48.3 Å². The van der Waals surface area contributed by atoms with Crippen LogP contribution in [0.3, 0.4) is 0 Å². The number of hydrogen-bond donors (Lipinski definition) is 1. The molecule has 1 aliphatic rings. The second kappa shape index (κ2) is 9.56. The molecule has 0 aromatic heterocycles. The molecule has 5 nitrogen and oxygen atoms in total. The van der Waals surface area contributed by atoms with Crippen LogP contribution in [0.1, 0.15) is 44.2 Å². The minimum Gasteiger partial charge on any atom is -0.353 e. The molecule has 1 heterocycles. The van der Waals surface area contributed by atoms with Crippen molar-refractivity contribution in [3.8, 4) is 0 Å². The molecule has 0 aliphatic carbocycles. The van der Waals surface area contributed by atoms with Crippen molar-refractivity contribution < 1.29 is 9.59 Å². The molecular weight excluding hydrogens is 314 g/mol. The van der Waals surface area contributed by atoms with E-state index in [1.807, 2.05) is 11.8 Å². The van der Waals surface area contributed by atoms with Crippen LogP contribution in [0.25, 0.3) is 0 Å². The maximum Gasteiger partial charge on any atom is 0.237 e. The maximum absolute atomic E-state index is 12.7. The molecule has 0 bridgehead atoms. The van der Waals surface area contributed by atoms with Crippen LogP contribution < -0.4 is 5.32 Å². The predicted octanol–water partition coefficient (Wildman–Crippen LogP) is 2.33. The van der Waals surface area contributed by atoms with Crippen LogP contribution in [0.2, 0.25) is 0 Å². The zero-order valence-corrected chi connectivity index (χ0v) is 15.8. The fraction of sp³-hybridized carbons (Fsp3) is 0.600. The number of carbonyl (C=O) groups excluding carboxylic acids is 2. The first-order chi connectivity index (χ1) is 12.0. The van der Waals surface area contributed by atoms with Crippen molar-refractivity contribution in [3.05, 3.63) is 35.4 Å². The highest BCUT2D eigenvalue weighted by atomic mass is 16.2. The third-order valence-electron chi connectivity index (χ3n) is 4.83. The van der Waals surface area contributed by atoms with Crippen LogP contribution in [-0.2, 0) is 16.1 Å². The van der Waals surface area contributed by atoms with Crippen molar-refractivity contribution in [1.82, 2.24) is 15.1 Å². The van der Waals surface area contributed by atoms with Crippen molar-refractivity contribution in [3.63, 3.8) is 0 Å². The Morgan fingerprint density at radius 1 is 1.28 bits per heavy atom. The Labute approximate surface area is 151 Å². The van der Waals surface area contributed by atoms with Gasteiger partial charge in [-0.1, -0.05) is 43.2 Å². The highest BCUT2D eigenvalue weighted by molar-refractivity contribution is 5.88. The van der Waals surface area contributed by atoms with E-state index in [1.165, 1.54) is 11.1 Å². The summed E-state index contributed by atoms with van der Waals surface area (Å²) < 4.78 is 0. The third kappa shape index (κ3) is 5.56. The van der Waals surface area contributed by atoms with Gasteiger partial charge >= 0.3 is 0 Å². The van der Waals surface area contributed by atoms with Crippen LogP contribution in [0, 0.1) is 6.92 Å². The summed E-state index contributed by atoms with van der Waals surface area (Å²) in [6.45, 7) is 9.78. The lowest BCUT2D eigenvalue weighted by Gasteiger charge is -2.35. The lowest BCUT2D eigenvalue weighted by molar-refractivity contribution is -0.139. The Balaban J connectivity index is 2.04. The highest BCUT2D eigenvalue weighted by Gasteiger charge is 2.32. The normalized spacial score (nSPS) is 18.0. The van der Waals surface area contributed by atoms with Crippen molar-refractivity contribution >= 4 is 11.8 Å². The summed E-state index contributed by atoms with van der Waals surface area (Å²) in [6.07, 6.45) is 2.33. The van der Waals surface area contributed by atoms with E-state index in [9.17, 15) is 9.59 Å². The van der Waals surface area contributed by atoms with E-state index in [4.69, 9.17) is 0 Å². The van der Waals surface area contributed by atoms with Gasteiger partial charge in [-0.2, -0.15) is 0 Å². The quantitative estimate of drug-likeness (QED) is 0.787. The first-order valence-corrected chi connectivity index (χ1v) is 9.40. The second-order valence-electron chi connectivity index (χ2n) is 6.79. The number of nitrogens with zero attached hydrogens (tertiary/aromatic N) is 2. The first kappa shape index (κ1) is 19.4. The number of aryl methyl sites for hydroxylation is 1. The number of carbonyl (C=O) groups is 2. The van der Waals surface area contributed by atoms with Gasteiger partial charge < -0.3 is 10.2 Å². The molecule has 1 atom stereocenters. The molecule has 138 valence electrons. The SMILES string of the molecule is CCCCN(CC)C(=O)C[C@@H]1C(=O)NCCN1Cc1ccc(C)cc1. The lowest BCUT2D eigenvalue weighted by atomic mass is 10.1. The van der Waals surface area contributed by atoms with E-state index in [0.29, 0.717) is 19.6 Å². The average Bonchev–Trinajstić information content (AvgIpc) is 2.60. The van der Waals surface area contributed by atoms with Gasteiger partial charge in [0.2, 0.25) is 11.8 Å². The Kier molecular flexibility index (Phi) is 7.44. The van der Waals surface area contributed by atoms with Crippen LogP contribution in [0.15, 0.2) is 24.3 Å². The number of amides is 2. The van der Waals surface area contributed by atoms with Crippen molar-refractivity contribution in [2.45, 2.75) is 52.6 Å². The van der Waals surface area contributed by atoms with Gasteiger partial charge in [0.1, 0.15) is 0 Å². The molecule has 1 fully saturated rings. The van der Waals surface area contributed by atoms with Crippen molar-refractivity contribution in [1.29, 1.82) is 0 Å². The minimum atomic E-state index is -0.377. The summed E-state index contributed by atoms with van der Waals surface area (Å²) in [5.41, 5.74) is 2.40. The standard InChI is InChI=1S/C20H31N3O2/c1-4-6-12-22(5-2)19(24)14-18-20(25)21-11-13-23(18)15-17-9-7-16(3)8-10-17/h7-10,18H,4-6,11-15H2,1-3H3,(H,21,25)/t18-/m1/s1. The number of nitrogens with one attached hydrogen (secondary N) is 1. The molecule has 0 spiro atoms. The molecule has 25 heavy (non-hydrogen) atoms. The Bertz CT molecular complexity index is 571. The molecule has 1 saturated heterocycles. The average molecular weight is 345 g/mol. The van der Waals surface area contributed by atoms with Crippen LogP contribution >= 0.6 is 0 Å². The summed E-state index contributed by atoms with van der Waals surface area (Å²) in [6, 6.07) is 7.99. The number of rotatable bonds is 8. The smallest absolute Gasteiger partial charge is 0.237 e. The zero-order valence-electron chi connectivity index (χ0n) is 15.8. The predicted molar refractivity (Wildman–Crippen MR) is 100 cm³/mol. The fourth-order valence-electron chi connectivity index (χ4n) is 3.20. The highest BCUT2D eigenvalue weighted by Crippen LogP contribution is 2.16. The van der Waals surface area contributed by atoms with Gasteiger partial charge in [-0.15, -0.1) is 0 Å². The Morgan fingerprint density at radius 3 is 2.64 bits per heavy atom. The fourth-order valence-corrected chi connectivity index (χ4v) is 3.20. The molecule has 0 radical (unpaired) electrons. The van der Waals surface area contributed by atoms with Crippen molar-refractivity contribution in [2.24, 2.45) is 0 Å². The second-order valence-corrected chi connectivity index (χ2v) is 6.79. The Hall–Kier alpha value is -1.88. The van der Waals surface area contributed by atoms with E-state index < -0.39 is 0 Å². The van der Waals surface area contributed by atoms with Gasteiger partial charge in [-0.05, 0) is 25.8 Å². The van der Waals surface area contributed by atoms with Crippen LogP contribution in [0.5, 0.6) is 0 Å². The largest absolute Gasteiger partial charge is 0.353 e. The van der Waals surface area contributed by atoms with Crippen LogP contribution in [0.4, 0.5) is 0 Å². The summed E-state index contributed by atoms with van der Waals surface area (Å²) in [5, 5.41) is 2.91. The van der Waals surface area contributed by atoms with Gasteiger partial charge in [-0.3, -0.25) is 14.5 Å². The molecule has 2 rings (SSSR count). The van der Waals surface area contributed by atoms with E-state index in [1.54, 1.807) is 0 Å². The molecule has 5 heteroatoms. The molecule has 0 saturated carbocycles. The van der Waals surface area contributed by atoms with Gasteiger partial charge in [0, 0.05) is 32.7 Å². The topological polar surface area (TPSA) is 52.7 Å². The summed E-state index contributed by atoms with van der Waals surface area (Å²) in [4.78, 5) is 29.0. The molecule has 2 amide bonds. The molecule has 1 aromatic carbocycles. The number of unbranched alkanes of at least 4 members (excludes halogenated alkanes) is 1. The summed E-state index contributed by atoms with van der Waals surface area (Å²) in [5.74, 6) is 0.0464. The lowest BCUT2D eigenvalue weighted by Crippen LogP contribution is -2.56. The third-order valence-corrected chi connectivity index (χ3v) is 4.83. The molecule has 1 aliphatic heterocycles. The molecule has 1 N–H and O–H groups in total. The number of piperazine rings is 1.